The van der Waals surface area contributed by atoms with Gasteiger partial charge in [-0.2, -0.15) is 0 Å². The summed E-state index contributed by atoms with van der Waals surface area (Å²) in [6.07, 6.45) is 3.08. The smallest absolute Gasteiger partial charge is 0.257 e. The predicted octanol–water partition coefficient (Wildman–Crippen LogP) is 4.73. The number of nitrogens with one attached hydrogen (secondary N) is 2. The summed E-state index contributed by atoms with van der Waals surface area (Å²) in [5.74, 6) is 0.237. The van der Waals surface area contributed by atoms with E-state index in [4.69, 9.17) is 16.3 Å². The molecule has 0 aliphatic heterocycles. The number of anilines is 2. The number of aromatic nitrogens is 1. The van der Waals surface area contributed by atoms with Crippen LogP contribution in [0.3, 0.4) is 0 Å². The molecule has 8 heteroatoms. The first kappa shape index (κ1) is 20.7. The van der Waals surface area contributed by atoms with Crippen LogP contribution >= 0.6 is 23.4 Å². The van der Waals surface area contributed by atoms with Gasteiger partial charge in [0.15, 0.2) is 0 Å². The Bertz CT molecular complexity index is 998. The molecule has 2 amide bonds. The van der Waals surface area contributed by atoms with Gasteiger partial charge in [-0.15, -0.1) is 11.8 Å². The molecule has 1 aromatic heterocycles. The van der Waals surface area contributed by atoms with Gasteiger partial charge in [-0.3, -0.25) is 14.6 Å². The van der Waals surface area contributed by atoms with Crippen LogP contribution in [0, 0.1) is 0 Å². The van der Waals surface area contributed by atoms with Crippen molar-refractivity contribution in [2.24, 2.45) is 0 Å². The summed E-state index contributed by atoms with van der Waals surface area (Å²) in [4.78, 5) is 29.4. The molecule has 0 aliphatic rings. The molecule has 2 aromatic carbocycles. The van der Waals surface area contributed by atoms with E-state index >= 15 is 0 Å². The molecule has 0 saturated heterocycles. The van der Waals surface area contributed by atoms with E-state index in [1.54, 1.807) is 48.7 Å². The Kier molecular flexibility index (Phi) is 7.10. The van der Waals surface area contributed by atoms with Gasteiger partial charge in [-0.25, -0.2) is 0 Å². The SMILES string of the molecule is COc1cc(NC(=O)CSc2ccc(Cl)cc2)ccc1NC(=O)c1cccnc1. The second kappa shape index (κ2) is 9.95. The normalized spacial score (nSPS) is 10.3. The minimum absolute atomic E-state index is 0.154. The van der Waals surface area contributed by atoms with E-state index in [0.717, 1.165) is 4.90 Å². The number of nitrogens with zero attached hydrogens (tertiary/aromatic N) is 1. The number of benzene rings is 2. The summed E-state index contributed by atoms with van der Waals surface area (Å²) in [6, 6.07) is 15.7. The monoisotopic (exact) mass is 427 g/mol. The first-order chi connectivity index (χ1) is 14.0. The number of hydrogen-bond acceptors (Lipinski definition) is 5. The Morgan fingerprint density at radius 3 is 2.59 bits per heavy atom. The van der Waals surface area contributed by atoms with Crippen LogP contribution in [0.1, 0.15) is 10.4 Å². The molecule has 0 unspecified atom stereocenters. The zero-order valence-corrected chi connectivity index (χ0v) is 17.1. The van der Waals surface area contributed by atoms with Gasteiger partial charge < -0.3 is 15.4 Å². The topological polar surface area (TPSA) is 80.3 Å². The number of halogens is 1. The summed E-state index contributed by atoms with van der Waals surface area (Å²) in [5, 5.41) is 6.25. The summed E-state index contributed by atoms with van der Waals surface area (Å²) >= 11 is 7.27. The van der Waals surface area contributed by atoms with Gasteiger partial charge in [0, 0.05) is 34.1 Å². The van der Waals surface area contributed by atoms with E-state index in [-0.39, 0.29) is 17.6 Å². The number of thioether (sulfide) groups is 1. The summed E-state index contributed by atoms with van der Waals surface area (Å²) in [5.41, 5.74) is 1.50. The highest BCUT2D eigenvalue weighted by Crippen LogP contribution is 2.29. The third kappa shape index (κ3) is 5.97. The molecule has 0 fully saturated rings. The zero-order chi connectivity index (χ0) is 20.6. The Labute approximate surface area is 177 Å². The number of rotatable bonds is 7. The molecule has 2 N–H and O–H groups in total. The second-order valence-electron chi connectivity index (χ2n) is 5.90. The van der Waals surface area contributed by atoms with Crippen LogP contribution in [0.25, 0.3) is 0 Å². The van der Waals surface area contributed by atoms with E-state index in [0.29, 0.717) is 27.7 Å². The van der Waals surface area contributed by atoms with Crippen molar-refractivity contribution in [2.45, 2.75) is 4.90 Å². The number of hydrogen-bond donors (Lipinski definition) is 2. The molecule has 1 heterocycles. The van der Waals surface area contributed by atoms with Crippen LogP contribution in [0.5, 0.6) is 5.75 Å². The summed E-state index contributed by atoms with van der Waals surface area (Å²) < 4.78 is 5.35. The van der Waals surface area contributed by atoms with Crippen molar-refractivity contribution in [3.05, 3.63) is 77.6 Å². The van der Waals surface area contributed by atoms with Gasteiger partial charge in [-0.05, 0) is 48.5 Å². The molecule has 148 valence electrons. The Morgan fingerprint density at radius 2 is 1.90 bits per heavy atom. The zero-order valence-electron chi connectivity index (χ0n) is 15.5. The van der Waals surface area contributed by atoms with Crippen molar-refractivity contribution >= 4 is 46.6 Å². The Hall–Kier alpha value is -3.03. The molecule has 3 aromatic rings. The standard InChI is InChI=1S/C21H18ClN3O3S/c1-28-19-11-16(24-20(26)13-29-17-7-4-15(22)5-8-17)6-9-18(19)25-21(27)14-3-2-10-23-12-14/h2-12H,13H2,1H3,(H,24,26)(H,25,27). The number of carbonyl (C=O) groups is 2. The van der Waals surface area contributed by atoms with E-state index in [1.165, 1.54) is 25.1 Å². The average molecular weight is 428 g/mol. The van der Waals surface area contributed by atoms with Crippen molar-refractivity contribution in [3.63, 3.8) is 0 Å². The molecule has 3 rings (SSSR count). The number of amides is 2. The fourth-order valence-electron chi connectivity index (χ4n) is 2.44. The van der Waals surface area contributed by atoms with Crippen molar-refractivity contribution in [3.8, 4) is 5.75 Å². The van der Waals surface area contributed by atoms with E-state index in [2.05, 4.69) is 15.6 Å². The van der Waals surface area contributed by atoms with Gasteiger partial charge in [0.2, 0.25) is 5.91 Å². The summed E-state index contributed by atoms with van der Waals surface area (Å²) in [6.45, 7) is 0. The lowest BCUT2D eigenvalue weighted by atomic mass is 10.2. The first-order valence-corrected chi connectivity index (χ1v) is 9.99. The average Bonchev–Trinajstić information content (AvgIpc) is 2.75. The van der Waals surface area contributed by atoms with Crippen LogP contribution in [-0.4, -0.2) is 29.7 Å². The van der Waals surface area contributed by atoms with E-state index < -0.39 is 0 Å². The van der Waals surface area contributed by atoms with Gasteiger partial charge in [0.25, 0.3) is 5.91 Å². The van der Waals surface area contributed by atoms with Gasteiger partial charge >= 0.3 is 0 Å². The third-order valence-electron chi connectivity index (χ3n) is 3.84. The second-order valence-corrected chi connectivity index (χ2v) is 7.39. The molecule has 29 heavy (non-hydrogen) atoms. The minimum Gasteiger partial charge on any atom is -0.494 e. The van der Waals surface area contributed by atoms with Crippen molar-refractivity contribution in [1.82, 2.24) is 4.98 Å². The van der Waals surface area contributed by atoms with Crippen molar-refractivity contribution in [2.75, 3.05) is 23.5 Å². The molecule has 0 atom stereocenters. The summed E-state index contributed by atoms with van der Waals surface area (Å²) in [7, 11) is 1.50. The quantitative estimate of drug-likeness (QED) is 0.533. The number of carbonyl (C=O) groups excluding carboxylic acids is 2. The predicted molar refractivity (Wildman–Crippen MR) is 116 cm³/mol. The molecular formula is C21H18ClN3O3S. The Balaban J connectivity index is 1.61. The molecule has 0 aliphatic carbocycles. The largest absolute Gasteiger partial charge is 0.494 e. The molecule has 0 spiro atoms. The lowest BCUT2D eigenvalue weighted by molar-refractivity contribution is -0.113. The third-order valence-corrected chi connectivity index (χ3v) is 5.10. The maximum Gasteiger partial charge on any atom is 0.257 e. The highest BCUT2D eigenvalue weighted by atomic mass is 35.5. The molecule has 0 saturated carbocycles. The van der Waals surface area contributed by atoms with Crippen molar-refractivity contribution < 1.29 is 14.3 Å². The van der Waals surface area contributed by atoms with Crippen LogP contribution < -0.4 is 15.4 Å². The number of ether oxygens (including phenoxy) is 1. The number of methoxy groups -OCH3 is 1. The fourth-order valence-corrected chi connectivity index (χ4v) is 3.27. The molecular weight excluding hydrogens is 410 g/mol. The highest BCUT2D eigenvalue weighted by molar-refractivity contribution is 8.00. The molecule has 0 radical (unpaired) electrons. The van der Waals surface area contributed by atoms with E-state index in [1.807, 2.05) is 12.1 Å². The maximum atomic E-state index is 12.3. The Morgan fingerprint density at radius 1 is 1.10 bits per heavy atom. The number of pyridine rings is 1. The van der Waals surface area contributed by atoms with E-state index in [9.17, 15) is 9.59 Å². The maximum absolute atomic E-state index is 12.3. The van der Waals surface area contributed by atoms with Gasteiger partial charge in [-0.1, -0.05) is 11.6 Å². The fraction of sp³-hybridized carbons (Fsp3) is 0.0952. The van der Waals surface area contributed by atoms with Crippen LogP contribution in [0.4, 0.5) is 11.4 Å². The van der Waals surface area contributed by atoms with Crippen molar-refractivity contribution in [1.29, 1.82) is 0 Å². The first-order valence-electron chi connectivity index (χ1n) is 8.63. The lowest BCUT2D eigenvalue weighted by Crippen LogP contribution is -2.15. The van der Waals surface area contributed by atoms with Crippen LogP contribution in [0.2, 0.25) is 5.02 Å². The highest BCUT2D eigenvalue weighted by Gasteiger charge is 2.12. The molecule has 6 nitrogen and oxygen atoms in total. The minimum atomic E-state index is -0.299. The van der Waals surface area contributed by atoms with Crippen LogP contribution in [0.15, 0.2) is 71.9 Å². The van der Waals surface area contributed by atoms with Crippen LogP contribution in [-0.2, 0) is 4.79 Å². The van der Waals surface area contributed by atoms with Gasteiger partial charge in [0.1, 0.15) is 5.75 Å². The van der Waals surface area contributed by atoms with Gasteiger partial charge in [0.05, 0.1) is 24.1 Å². The lowest BCUT2D eigenvalue weighted by Gasteiger charge is -2.12. The molecule has 0 bridgehead atoms.